The quantitative estimate of drug-likeness (QED) is 0.657. The second kappa shape index (κ2) is 8.10. The van der Waals surface area contributed by atoms with Gasteiger partial charge in [-0.25, -0.2) is 4.79 Å². The molecule has 6 heteroatoms. The third-order valence-electron chi connectivity index (χ3n) is 2.38. The number of anilines is 1. The smallest absolute Gasteiger partial charge is 0.319 e. The molecule has 0 unspecified atom stereocenters. The van der Waals surface area contributed by atoms with Crippen molar-refractivity contribution < 1.29 is 19.4 Å². The number of carbonyl (C=O) groups excluding carboxylic acids is 1. The summed E-state index contributed by atoms with van der Waals surface area (Å²) in [6, 6.07) is 6.95. The molecule has 0 bridgehead atoms. The minimum Gasteiger partial charge on any atom is -0.481 e. The number of rotatable bonds is 7. The van der Waals surface area contributed by atoms with Gasteiger partial charge in [0.25, 0.3) is 0 Å². The molecule has 0 aliphatic heterocycles. The molecule has 0 radical (unpaired) electrons. The number of ether oxygens (including phenoxy) is 1. The fourth-order valence-electron chi connectivity index (χ4n) is 1.47. The van der Waals surface area contributed by atoms with Gasteiger partial charge in [-0.3, -0.25) is 4.79 Å². The molecule has 1 aromatic carbocycles. The van der Waals surface area contributed by atoms with E-state index in [0.29, 0.717) is 25.3 Å². The first-order valence-electron chi connectivity index (χ1n) is 5.96. The lowest BCUT2D eigenvalue weighted by Crippen LogP contribution is -2.29. The van der Waals surface area contributed by atoms with Crippen LogP contribution < -0.4 is 10.6 Å². The molecule has 1 aromatic rings. The van der Waals surface area contributed by atoms with Crippen LogP contribution in [-0.4, -0.2) is 30.8 Å². The Morgan fingerprint density at radius 3 is 2.53 bits per heavy atom. The topological polar surface area (TPSA) is 87.7 Å². The third kappa shape index (κ3) is 6.42. The number of carboxylic acids is 1. The third-order valence-corrected chi connectivity index (χ3v) is 2.38. The zero-order valence-corrected chi connectivity index (χ0v) is 10.8. The van der Waals surface area contributed by atoms with Gasteiger partial charge in [0.1, 0.15) is 0 Å². The minimum absolute atomic E-state index is 0.0476. The summed E-state index contributed by atoms with van der Waals surface area (Å²) in [6.07, 6.45) is 0.460. The highest BCUT2D eigenvalue weighted by Crippen LogP contribution is 2.09. The van der Waals surface area contributed by atoms with Crippen molar-refractivity contribution >= 4 is 17.7 Å². The van der Waals surface area contributed by atoms with Crippen LogP contribution in [0, 0.1) is 0 Å². The Hall–Kier alpha value is -2.08. The molecule has 0 fully saturated rings. The van der Waals surface area contributed by atoms with E-state index in [1.807, 2.05) is 12.1 Å². The van der Waals surface area contributed by atoms with Crippen LogP contribution in [0.4, 0.5) is 10.5 Å². The monoisotopic (exact) mass is 266 g/mol. The van der Waals surface area contributed by atoms with E-state index in [0.717, 1.165) is 5.56 Å². The van der Waals surface area contributed by atoms with Crippen molar-refractivity contribution in [2.45, 2.75) is 19.4 Å². The van der Waals surface area contributed by atoms with Gasteiger partial charge < -0.3 is 20.5 Å². The van der Waals surface area contributed by atoms with Crippen molar-refractivity contribution in [1.29, 1.82) is 0 Å². The first-order chi connectivity index (χ1) is 9.11. The average molecular weight is 266 g/mol. The van der Waals surface area contributed by atoms with Gasteiger partial charge in [-0.05, 0) is 24.1 Å². The summed E-state index contributed by atoms with van der Waals surface area (Å²) in [6.45, 7) is 0.863. The highest BCUT2D eigenvalue weighted by atomic mass is 16.5. The number of amides is 2. The van der Waals surface area contributed by atoms with E-state index >= 15 is 0 Å². The Balaban J connectivity index is 2.29. The van der Waals surface area contributed by atoms with Gasteiger partial charge in [0.2, 0.25) is 0 Å². The number of hydrogen-bond acceptors (Lipinski definition) is 3. The molecule has 0 spiro atoms. The summed E-state index contributed by atoms with van der Waals surface area (Å²) in [4.78, 5) is 21.8. The zero-order valence-electron chi connectivity index (χ0n) is 10.8. The van der Waals surface area contributed by atoms with Gasteiger partial charge in [-0.2, -0.15) is 0 Å². The molecule has 1 rings (SSSR count). The number of hydrogen-bond donors (Lipinski definition) is 3. The van der Waals surface area contributed by atoms with Crippen LogP contribution in [0.15, 0.2) is 24.3 Å². The summed E-state index contributed by atoms with van der Waals surface area (Å²) < 4.78 is 4.99. The Morgan fingerprint density at radius 2 is 1.95 bits per heavy atom. The molecule has 0 heterocycles. The van der Waals surface area contributed by atoms with Crippen molar-refractivity contribution in [2.75, 3.05) is 19.0 Å². The van der Waals surface area contributed by atoms with Crippen LogP contribution in [0.1, 0.15) is 18.4 Å². The molecular formula is C13H18N2O4. The predicted molar refractivity (Wildman–Crippen MR) is 71.0 cm³/mol. The first-order valence-corrected chi connectivity index (χ1v) is 5.96. The number of carboxylic acid groups (broad SMARTS) is 1. The van der Waals surface area contributed by atoms with E-state index < -0.39 is 5.97 Å². The maximum atomic E-state index is 11.5. The van der Waals surface area contributed by atoms with Crippen molar-refractivity contribution in [2.24, 2.45) is 0 Å². The van der Waals surface area contributed by atoms with E-state index in [4.69, 9.17) is 9.84 Å². The fraction of sp³-hybridized carbons (Fsp3) is 0.385. The molecule has 19 heavy (non-hydrogen) atoms. The number of urea groups is 1. The fourth-order valence-corrected chi connectivity index (χ4v) is 1.47. The van der Waals surface area contributed by atoms with Crippen LogP contribution in [0.3, 0.4) is 0 Å². The molecule has 0 aliphatic rings. The van der Waals surface area contributed by atoms with Crippen molar-refractivity contribution in [3.05, 3.63) is 29.8 Å². The van der Waals surface area contributed by atoms with E-state index in [1.165, 1.54) is 0 Å². The van der Waals surface area contributed by atoms with E-state index in [-0.39, 0.29) is 12.5 Å². The lowest BCUT2D eigenvalue weighted by molar-refractivity contribution is -0.137. The maximum Gasteiger partial charge on any atom is 0.319 e. The number of carbonyl (C=O) groups is 2. The molecule has 104 valence electrons. The standard InChI is InChI=1S/C13H18N2O4/c1-19-9-10-4-6-11(7-5-10)15-13(18)14-8-2-3-12(16)17/h4-7H,2-3,8-9H2,1H3,(H,16,17)(H2,14,15,18). The first kappa shape index (κ1) is 15.0. The molecule has 0 atom stereocenters. The molecule has 3 N–H and O–H groups in total. The van der Waals surface area contributed by atoms with Gasteiger partial charge in [-0.15, -0.1) is 0 Å². The predicted octanol–water partition coefficient (Wildman–Crippen LogP) is 1.82. The van der Waals surface area contributed by atoms with Crippen molar-refractivity contribution in [3.8, 4) is 0 Å². The number of nitrogens with one attached hydrogen (secondary N) is 2. The van der Waals surface area contributed by atoms with E-state index in [9.17, 15) is 9.59 Å². The Kier molecular flexibility index (Phi) is 6.38. The van der Waals surface area contributed by atoms with E-state index in [1.54, 1.807) is 19.2 Å². The van der Waals surface area contributed by atoms with Gasteiger partial charge in [0.05, 0.1) is 6.61 Å². The minimum atomic E-state index is -0.865. The largest absolute Gasteiger partial charge is 0.481 e. The second-order valence-electron chi connectivity index (χ2n) is 4.01. The van der Waals surface area contributed by atoms with Crippen LogP contribution in [0.25, 0.3) is 0 Å². The molecule has 0 saturated heterocycles. The van der Waals surface area contributed by atoms with Crippen LogP contribution in [0.2, 0.25) is 0 Å². The second-order valence-corrected chi connectivity index (χ2v) is 4.01. The molecule has 6 nitrogen and oxygen atoms in total. The SMILES string of the molecule is COCc1ccc(NC(=O)NCCCC(=O)O)cc1. The number of aliphatic carboxylic acids is 1. The molecule has 0 aromatic heterocycles. The lowest BCUT2D eigenvalue weighted by Gasteiger charge is -2.07. The van der Waals surface area contributed by atoms with Gasteiger partial charge in [-0.1, -0.05) is 12.1 Å². The summed E-state index contributed by atoms with van der Waals surface area (Å²) in [7, 11) is 1.62. The summed E-state index contributed by atoms with van der Waals surface area (Å²) in [5, 5.41) is 13.7. The Bertz CT molecular complexity index is 417. The molecular weight excluding hydrogens is 248 g/mol. The summed E-state index contributed by atoms with van der Waals surface area (Å²) in [5.74, 6) is -0.865. The van der Waals surface area contributed by atoms with Gasteiger partial charge >= 0.3 is 12.0 Å². The zero-order chi connectivity index (χ0) is 14.1. The van der Waals surface area contributed by atoms with Gasteiger partial charge in [0.15, 0.2) is 0 Å². The lowest BCUT2D eigenvalue weighted by atomic mass is 10.2. The highest BCUT2D eigenvalue weighted by molar-refractivity contribution is 5.89. The van der Waals surface area contributed by atoms with Crippen LogP contribution in [0.5, 0.6) is 0 Å². The molecule has 2 amide bonds. The van der Waals surface area contributed by atoms with Crippen molar-refractivity contribution in [3.63, 3.8) is 0 Å². The molecule has 0 aliphatic carbocycles. The Morgan fingerprint density at radius 1 is 1.26 bits per heavy atom. The molecule has 0 saturated carbocycles. The van der Waals surface area contributed by atoms with E-state index in [2.05, 4.69) is 10.6 Å². The summed E-state index contributed by atoms with van der Waals surface area (Å²) in [5.41, 5.74) is 1.70. The maximum absolute atomic E-state index is 11.5. The van der Waals surface area contributed by atoms with Crippen LogP contribution in [-0.2, 0) is 16.1 Å². The number of benzene rings is 1. The highest BCUT2D eigenvalue weighted by Gasteiger charge is 2.02. The Labute approximate surface area is 111 Å². The normalized spacial score (nSPS) is 9.95. The van der Waals surface area contributed by atoms with Crippen molar-refractivity contribution in [1.82, 2.24) is 5.32 Å². The average Bonchev–Trinajstić information content (AvgIpc) is 2.37. The summed E-state index contributed by atoms with van der Waals surface area (Å²) >= 11 is 0. The van der Waals surface area contributed by atoms with Gasteiger partial charge in [0, 0.05) is 25.8 Å². The van der Waals surface area contributed by atoms with Crippen LogP contribution >= 0.6 is 0 Å². The number of methoxy groups -OCH3 is 1.